The van der Waals surface area contributed by atoms with Gasteiger partial charge >= 0.3 is 6.03 Å². The normalized spacial score (nSPS) is 26.3. The summed E-state index contributed by atoms with van der Waals surface area (Å²) < 4.78 is 0. The Balaban J connectivity index is 1.82. The van der Waals surface area contributed by atoms with Gasteiger partial charge in [0.1, 0.15) is 0 Å². The van der Waals surface area contributed by atoms with E-state index in [2.05, 4.69) is 26.1 Å². The summed E-state index contributed by atoms with van der Waals surface area (Å²) in [5.41, 5.74) is 0.373. The van der Waals surface area contributed by atoms with Gasteiger partial charge in [0, 0.05) is 19.1 Å². The zero-order valence-corrected chi connectivity index (χ0v) is 12.9. The number of hydrogen-bond donors (Lipinski definition) is 1. The third-order valence-corrected chi connectivity index (χ3v) is 4.92. The summed E-state index contributed by atoms with van der Waals surface area (Å²) in [5.74, 6) is 0.747. The fourth-order valence-corrected chi connectivity index (χ4v) is 3.50. The second-order valence-corrected chi connectivity index (χ2v) is 7.41. The van der Waals surface area contributed by atoms with E-state index in [-0.39, 0.29) is 6.03 Å². The molecule has 2 fully saturated rings. The fraction of sp³-hybridized carbons (Fsp3) is 0.938. The van der Waals surface area contributed by atoms with Crippen LogP contribution < -0.4 is 5.32 Å². The number of nitrogens with zero attached hydrogens (tertiary/aromatic N) is 1. The van der Waals surface area contributed by atoms with E-state index in [0.717, 1.165) is 31.8 Å². The molecule has 1 atom stereocenters. The van der Waals surface area contributed by atoms with E-state index >= 15 is 0 Å². The van der Waals surface area contributed by atoms with Crippen molar-refractivity contribution in [2.45, 2.75) is 71.8 Å². The molecule has 3 nitrogen and oxygen atoms in total. The highest BCUT2D eigenvalue weighted by Crippen LogP contribution is 2.34. The molecule has 1 aliphatic carbocycles. The van der Waals surface area contributed by atoms with Gasteiger partial charge in [-0.05, 0) is 43.4 Å². The van der Waals surface area contributed by atoms with Crippen LogP contribution in [0.25, 0.3) is 0 Å². The molecule has 0 radical (unpaired) electrons. The predicted molar refractivity (Wildman–Crippen MR) is 79.2 cm³/mol. The molecule has 0 bridgehead atoms. The smallest absolute Gasteiger partial charge is 0.317 e. The minimum atomic E-state index is 0.182. The Morgan fingerprint density at radius 1 is 1.00 bits per heavy atom. The molecule has 1 saturated carbocycles. The Kier molecular flexibility index (Phi) is 4.75. The molecule has 19 heavy (non-hydrogen) atoms. The summed E-state index contributed by atoms with van der Waals surface area (Å²) in [7, 11) is 0. The average molecular weight is 266 g/mol. The molecule has 110 valence electrons. The van der Waals surface area contributed by atoms with E-state index in [1.165, 1.54) is 32.1 Å². The number of carbonyl (C=O) groups excluding carboxylic acids is 1. The first kappa shape index (κ1) is 14.7. The second kappa shape index (κ2) is 6.15. The molecule has 0 spiro atoms. The molecule has 0 aromatic rings. The van der Waals surface area contributed by atoms with Crippen molar-refractivity contribution < 1.29 is 4.79 Å². The molecule has 1 aliphatic heterocycles. The lowest BCUT2D eigenvalue weighted by atomic mass is 9.77. The van der Waals surface area contributed by atoms with E-state index in [4.69, 9.17) is 0 Å². The number of hydrogen-bond acceptors (Lipinski definition) is 1. The summed E-state index contributed by atoms with van der Waals surface area (Å²) in [6, 6.07) is 0.621. The maximum absolute atomic E-state index is 12.3. The zero-order chi connectivity index (χ0) is 13.9. The van der Waals surface area contributed by atoms with E-state index in [1.54, 1.807) is 0 Å². The van der Waals surface area contributed by atoms with Gasteiger partial charge in [-0.15, -0.1) is 0 Å². The van der Waals surface area contributed by atoms with Crippen molar-refractivity contribution in [3.63, 3.8) is 0 Å². The van der Waals surface area contributed by atoms with Gasteiger partial charge in [-0.2, -0.15) is 0 Å². The predicted octanol–water partition coefficient (Wildman–Crippen LogP) is 3.79. The van der Waals surface area contributed by atoms with Gasteiger partial charge in [0.25, 0.3) is 0 Å². The fourth-order valence-electron chi connectivity index (χ4n) is 3.50. The average Bonchev–Trinajstić information content (AvgIpc) is 2.69. The molecule has 1 heterocycles. The molecule has 1 saturated heterocycles. The Morgan fingerprint density at radius 3 is 2.32 bits per heavy atom. The highest BCUT2D eigenvalue weighted by Gasteiger charge is 2.29. The minimum absolute atomic E-state index is 0.182. The van der Waals surface area contributed by atoms with Crippen LogP contribution in [0.5, 0.6) is 0 Å². The zero-order valence-electron chi connectivity index (χ0n) is 12.9. The maximum Gasteiger partial charge on any atom is 0.317 e. The van der Waals surface area contributed by atoms with Crippen LogP contribution in [0.2, 0.25) is 0 Å². The molecule has 3 heteroatoms. The number of amides is 2. The van der Waals surface area contributed by atoms with Gasteiger partial charge in [0.15, 0.2) is 0 Å². The summed E-state index contributed by atoms with van der Waals surface area (Å²) in [4.78, 5) is 14.3. The summed E-state index contributed by atoms with van der Waals surface area (Å²) in [6.07, 6.45) is 8.46. The third-order valence-electron chi connectivity index (χ3n) is 4.92. The van der Waals surface area contributed by atoms with E-state index in [1.807, 2.05) is 4.90 Å². The van der Waals surface area contributed by atoms with Crippen molar-refractivity contribution in [3.05, 3.63) is 0 Å². The third kappa shape index (κ3) is 4.12. The molecular formula is C16H30N2O. The Labute approximate surface area is 118 Å². The SMILES string of the molecule is CC(C)(C)C1CCCN(C(=O)NC2CCCC2)CC1. The number of likely N-dealkylation sites (tertiary alicyclic amines) is 1. The van der Waals surface area contributed by atoms with Gasteiger partial charge in [0.2, 0.25) is 0 Å². The molecule has 1 N–H and O–H groups in total. The molecule has 2 aliphatic rings. The molecule has 0 aromatic heterocycles. The second-order valence-electron chi connectivity index (χ2n) is 7.41. The lowest BCUT2D eigenvalue weighted by molar-refractivity contribution is 0.188. The number of rotatable bonds is 1. The first-order valence-electron chi connectivity index (χ1n) is 8.02. The molecule has 2 rings (SSSR count). The Bertz CT molecular complexity index is 302. The molecule has 0 aromatic carbocycles. The summed E-state index contributed by atoms with van der Waals surface area (Å²) in [5, 5.41) is 3.22. The quantitative estimate of drug-likeness (QED) is 0.769. The van der Waals surface area contributed by atoms with Gasteiger partial charge in [-0.1, -0.05) is 33.6 Å². The van der Waals surface area contributed by atoms with E-state index < -0.39 is 0 Å². The standard InChI is InChI=1S/C16H30N2O/c1-16(2,3)13-7-6-11-18(12-10-13)15(19)17-14-8-4-5-9-14/h13-14H,4-12H2,1-3H3,(H,17,19). The van der Waals surface area contributed by atoms with Crippen LogP contribution in [0.1, 0.15) is 65.7 Å². The van der Waals surface area contributed by atoms with E-state index in [0.29, 0.717) is 11.5 Å². The first-order valence-corrected chi connectivity index (χ1v) is 8.02. The van der Waals surface area contributed by atoms with Crippen LogP contribution in [0.4, 0.5) is 4.79 Å². The van der Waals surface area contributed by atoms with E-state index in [9.17, 15) is 4.79 Å². The molecule has 1 unspecified atom stereocenters. The topological polar surface area (TPSA) is 32.3 Å². The highest BCUT2D eigenvalue weighted by molar-refractivity contribution is 5.74. The number of nitrogens with one attached hydrogen (secondary N) is 1. The number of urea groups is 1. The van der Waals surface area contributed by atoms with Crippen molar-refractivity contribution in [1.82, 2.24) is 10.2 Å². The maximum atomic E-state index is 12.3. The van der Waals surface area contributed by atoms with Crippen LogP contribution in [0.15, 0.2) is 0 Å². The van der Waals surface area contributed by atoms with Crippen molar-refractivity contribution in [2.75, 3.05) is 13.1 Å². The van der Waals surface area contributed by atoms with Gasteiger partial charge in [-0.25, -0.2) is 4.79 Å². The first-order chi connectivity index (χ1) is 8.97. The lowest BCUT2D eigenvalue weighted by Crippen LogP contribution is -2.44. The van der Waals surface area contributed by atoms with Crippen LogP contribution in [0.3, 0.4) is 0 Å². The van der Waals surface area contributed by atoms with Gasteiger partial charge in [-0.3, -0.25) is 0 Å². The van der Waals surface area contributed by atoms with Crippen LogP contribution in [0, 0.1) is 11.3 Å². The van der Waals surface area contributed by atoms with Crippen LogP contribution in [-0.2, 0) is 0 Å². The number of carbonyl (C=O) groups is 1. The van der Waals surface area contributed by atoms with Crippen molar-refractivity contribution in [1.29, 1.82) is 0 Å². The van der Waals surface area contributed by atoms with Gasteiger partial charge in [0.05, 0.1) is 0 Å². The Hall–Kier alpha value is -0.730. The highest BCUT2D eigenvalue weighted by atomic mass is 16.2. The van der Waals surface area contributed by atoms with Crippen LogP contribution >= 0.6 is 0 Å². The van der Waals surface area contributed by atoms with Gasteiger partial charge < -0.3 is 10.2 Å². The van der Waals surface area contributed by atoms with Crippen LogP contribution in [-0.4, -0.2) is 30.1 Å². The summed E-state index contributed by atoms with van der Waals surface area (Å²) >= 11 is 0. The molecule has 2 amide bonds. The molecular weight excluding hydrogens is 236 g/mol. The Morgan fingerprint density at radius 2 is 1.68 bits per heavy atom. The largest absolute Gasteiger partial charge is 0.335 e. The summed E-state index contributed by atoms with van der Waals surface area (Å²) in [6.45, 7) is 8.84. The van der Waals surface area contributed by atoms with Crippen molar-refractivity contribution in [3.8, 4) is 0 Å². The lowest BCUT2D eigenvalue weighted by Gasteiger charge is -2.30. The minimum Gasteiger partial charge on any atom is -0.335 e. The monoisotopic (exact) mass is 266 g/mol. The van der Waals surface area contributed by atoms with Crippen molar-refractivity contribution >= 4 is 6.03 Å². The van der Waals surface area contributed by atoms with Crippen molar-refractivity contribution in [2.24, 2.45) is 11.3 Å².